The van der Waals surface area contributed by atoms with Gasteiger partial charge >= 0.3 is 38.5 Å². The van der Waals surface area contributed by atoms with Crippen molar-refractivity contribution in [2.24, 2.45) is 0 Å². The van der Waals surface area contributed by atoms with Crippen molar-refractivity contribution in [2.45, 2.75) is 0 Å². The van der Waals surface area contributed by atoms with Crippen LogP contribution in [-0.4, -0.2) is 25.9 Å². The summed E-state index contributed by atoms with van der Waals surface area (Å²) in [6.45, 7) is 3.43. The molecule has 0 aliphatic rings. The summed E-state index contributed by atoms with van der Waals surface area (Å²) >= 11 is 1.88. The molecule has 0 fully saturated rings. The van der Waals surface area contributed by atoms with Gasteiger partial charge in [-0.2, -0.15) is 0 Å². The van der Waals surface area contributed by atoms with Gasteiger partial charge in [0.05, 0.1) is 0 Å². The average Bonchev–Trinajstić information content (AvgIpc) is 1.37. The summed E-state index contributed by atoms with van der Waals surface area (Å²) in [5, 5.41) is 0. The molecule has 0 radical (unpaired) electrons. The molecule has 0 nitrogen and oxygen atoms in total. The Kier molecular flexibility index (Phi) is 3.74. The van der Waals surface area contributed by atoms with Crippen LogP contribution in [-0.2, 0) is 0 Å². The van der Waals surface area contributed by atoms with Gasteiger partial charge in [0, 0.05) is 0 Å². The van der Waals surface area contributed by atoms with E-state index in [9.17, 15) is 0 Å². The first kappa shape index (κ1) is 4.40. The third-order valence-electron chi connectivity index (χ3n) is 0.0962. The summed E-state index contributed by atoms with van der Waals surface area (Å²) in [6.07, 6.45) is 1.75. The molecule has 0 amide bonds. The summed E-state index contributed by atoms with van der Waals surface area (Å²) in [5.41, 5.74) is 0. The molecule has 0 unspecified atom stereocenters. The molecule has 0 bridgehead atoms. The third-order valence-corrected chi connectivity index (χ3v) is 0.645. The van der Waals surface area contributed by atoms with E-state index in [1.807, 2.05) is 25.9 Å². The van der Waals surface area contributed by atoms with Crippen LogP contribution < -0.4 is 0 Å². The molecule has 22 valence electrons. The summed E-state index contributed by atoms with van der Waals surface area (Å²) in [6, 6.07) is 0. The van der Waals surface area contributed by atoms with Crippen molar-refractivity contribution in [3.05, 3.63) is 12.7 Å². The quantitative estimate of drug-likeness (QED) is 0.488. The second kappa shape index (κ2) is 3.40. The van der Waals surface area contributed by atoms with Crippen LogP contribution in [0.15, 0.2) is 12.7 Å². The Morgan fingerprint density at radius 3 is 2.00 bits per heavy atom. The molecule has 0 rings (SSSR count). The van der Waals surface area contributed by atoms with Crippen LogP contribution in [0.2, 0.25) is 0 Å². The first-order valence-corrected chi connectivity index (χ1v) is 2.32. The van der Waals surface area contributed by atoms with Crippen LogP contribution in [0.4, 0.5) is 0 Å². The molecule has 1 heteroatoms. The van der Waals surface area contributed by atoms with E-state index in [1.165, 1.54) is 0 Å². The number of allylic oxidation sites excluding steroid dienone is 1. The van der Waals surface area contributed by atoms with Crippen LogP contribution in [0.1, 0.15) is 0 Å². The van der Waals surface area contributed by atoms with Gasteiger partial charge in [-0.1, -0.05) is 0 Å². The average molecular weight is 168 g/mol. The zero-order valence-electron chi connectivity index (χ0n) is 2.27. The van der Waals surface area contributed by atoms with Gasteiger partial charge in [0.1, 0.15) is 0 Å². The fraction of sp³-hybridized carbons (Fsp3) is 0. The SMILES string of the molecule is C=CC=[Te]. The summed E-state index contributed by atoms with van der Waals surface area (Å²) in [5.74, 6) is 0. The predicted octanol–water partition coefficient (Wildman–Crippen LogP) is 0.143. The van der Waals surface area contributed by atoms with Crippen molar-refractivity contribution in [1.82, 2.24) is 0 Å². The van der Waals surface area contributed by atoms with E-state index in [4.69, 9.17) is 0 Å². The Balaban J connectivity index is 2.73. The van der Waals surface area contributed by atoms with E-state index < -0.39 is 0 Å². The van der Waals surface area contributed by atoms with Gasteiger partial charge in [0.2, 0.25) is 0 Å². The summed E-state index contributed by atoms with van der Waals surface area (Å²) in [4.78, 5) is 0. The van der Waals surface area contributed by atoms with Gasteiger partial charge in [-0.3, -0.25) is 0 Å². The second-order valence-electron chi connectivity index (χ2n) is 0.372. The van der Waals surface area contributed by atoms with E-state index in [-0.39, 0.29) is 0 Å². The number of rotatable bonds is 1. The van der Waals surface area contributed by atoms with E-state index in [0.29, 0.717) is 0 Å². The number of hydrogen-bond acceptors (Lipinski definition) is 0. The van der Waals surface area contributed by atoms with Gasteiger partial charge in [-0.15, -0.1) is 0 Å². The number of hydrogen-bond donors (Lipinski definition) is 0. The van der Waals surface area contributed by atoms with Gasteiger partial charge in [0.15, 0.2) is 0 Å². The van der Waals surface area contributed by atoms with E-state index >= 15 is 0 Å². The molecule has 0 aliphatic carbocycles. The molecule has 0 atom stereocenters. The molecule has 0 aliphatic heterocycles. The fourth-order valence-corrected chi connectivity index (χ4v) is 0. The Labute approximate surface area is 38.9 Å². The Bertz CT molecular complexity index is 24.3. The van der Waals surface area contributed by atoms with Crippen molar-refractivity contribution in [2.75, 3.05) is 0 Å². The maximum atomic E-state index is 3.43. The normalized spacial score (nSPS) is 5.00. The van der Waals surface area contributed by atoms with Crippen LogP contribution in [0, 0.1) is 0 Å². The van der Waals surface area contributed by atoms with Gasteiger partial charge in [-0.25, -0.2) is 0 Å². The Hall–Kier alpha value is 0.400. The second-order valence-corrected chi connectivity index (χ2v) is 1.15. The van der Waals surface area contributed by atoms with Crippen molar-refractivity contribution < 1.29 is 0 Å². The molecule has 0 saturated carbocycles. The topological polar surface area (TPSA) is 0 Å². The van der Waals surface area contributed by atoms with Gasteiger partial charge in [-0.05, 0) is 0 Å². The standard InChI is InChI=1S/C3H4Te/c1-2-3-4/h2-3H,1H2. The molecular formula is C3H4Te. The van der Waals surface area contributed by atoms with E-state index in [1.54, 1.807) is 6.08 Å². The molecular weight excluding hydrogens is 164 g/mol. The van der Waals surface area contributed by atoms with Crippen molar-refractivity contribution in [1.29, 1.82) is 0 Å². The predicted molar refractivity (Wildman–Crippen MR) is 22.0 cm³/mol. The first-order valence-electron chi connectivity index (χ1n) is 0.977. The molecule has 0 saturated heterocycles. The first-order chi connectivity index (χ1) is 1.91. The monoisotopic (exact) mass is 170 g/mol. The third kappa shape index (κ3) is 2.40. The van der Waals surface area contributed by atoms with E-state index in [2.05, 4.69) is 6.58 Å². The van der Waals surface area contributed by atoms with Crippen LogP contribution >= 0.6 is 0 Å². The molecule has 4 heavy (non-hydrogen) atoms. The molecule has 0 aromatic rings. The zero-order chi connectivity index (χ0) is 3.41. The van der Waals surface area contributed by atoms with Gasteiger partial charge < -0.3 is 0 Å². The summed E-state index contributed by atoms with van der Waals surface area (Å²) < 4.78 is 1.90. The molecule has 0 aromatic heterocycles. The Morgan fingerprint density at radius 1 is 1.75 bits per heavy atom. The Morgan fingerprint density at radius 2 is 2.00 bits per heavy atom. The van der Waals surface area contributed by atoms with Gasteiger partial charge in [0.25, 0.3) is 0 Å². The van der Waals surface area contributed by atoms with Crippen molar-refractivity contribution >= 4 is 25.9 Å². The van der Waals surface area contributed by atoms with Crippen molar-refractivity contribution in [3.8, 4) is 0 Å². The molecule has 0 spiro atoms. The minimum absolute atomic E-state index is 1.75. The maximum absolute atomic E-state index is 3.43. The fourth-order valence-electron chi connectivity index (χ4n) is 0. The van der Waals surface area contributed by atoms with Crippen LogP contribution in [0.5, 0.6) is 0 Å². The summed E-state index contributed by atoms with van der Waals surface area (Å²) in [7, 11) is 0. The van der Waals surface area contributed by atoms with Crippen molar-refractivity contribution in [3.63, 3.8) is 0 Å². The van der Waals surface area contributed by atoms with Crippen LogP contribution in [0.25, 0.3) is 0 Å². The van der Waals surface area contributed by atoms with E-state index in [0.717, 1.165) is 0 Å². The minimum atomic E-state index is 1.75. The van der Waals surface area contributed by atoms with Crippen LogP contribution in [0.3, 0.4) is 0 Å². The molecule has 0 N–H and O–H groups in total. The molecule has 0 aromatic carbocycles. The zero-order valence-corrected chi connectivity index (χ0v) is 4.60. The molecule has 0 heterocycles.